The maximum absolute atomic E-state index is 10.2. The van der Waals surface area contributed by atoms with Gasteiger partial charge in [-0.25, -0.2) is 4.98 Å². The van der Waals surface area contributed by atoms with Crippen molar-refractivity contribution >= 4 is 11.3 Å². The molecule has 3 nitrogen and oxygen atoms in total. The predicted molar refractivity (Wildman–Crippen MR) is 64.6 cm³/mol. The normalized spacial score (nSPS) is 26.9. The molecule has 0 aromatic carbocycles. The molecule has 1 N–H and O–H groups in total. The molecule has 16 heavy (non-hydrogen) atoms. The van der Waals surface area contributed by atoms with Gasteiger partial charge in [0.15, 0.2) is 0 Å². The quantitative estimate of drug-likeness (QED) is 0.865. The molecule has 90 valence electrons. The molecule has 2 heterocycles. The van der Waals surface area contributed by atoms with Gasteiger partial charge in [-0.3, -0.25) is 0 Å². The second kappa shape index (κ2) is 4.09. The minimum Gasteiger partial charge on any atom is -0.382 e. The van der Waals surface area contributed by atoms with Gasteiger partial charge in [-0.2, -0.15) is 0 Å². The molecule has 2 unspecified atom stereocenters. The number of fused-ring (bicyclic) bond motifs is 1. The lowest BCUT2D eigenvalue weighted by molar-refractivity contribution is -0.0586. The summed E-state index contributed by atoms with van der Waals surface area (Å²) in [4.78, 5) is 5.59. The summed E-state index contributed by atoms with van der Waals surface area (Å²) in [5, 5.41) is 11.3. The van der Waals surface area contributed by atoms with Crippen molar-refractivity contribution in [2.24, 2.45) is 5.92 Å². The Labute approximate surface area is 100 Å². The van der Waals surface area contributed by atoms with Gasteiger partial charge in [-0.15, -0.1) is 11.3 Å². The average Bonchev–Trinajstić information content (AvgIpc) is 2.61. The van der Waals surface area contributed by atoms with Crippen LogP contribution in [0.5, 0.6) is 0 Å². The third-order valence-electron chi connectivity index (χ3n) is 3.21. The van der Waals surface area contributed by atoms with E-state index in [1.807, 2.05) is 0 Å². The third-order valence-corrected chi connectivity index (χ3v) is 4.77. The van der Waals surface area contributed by atoms with Gasteiger partial charge in [0.25, 0.3) is 0 Å². The number of aromatic nitrogens is 1. The molecule has 0 spiro atoms. The van der Waals surface area contributed by atoms with Crippen LogP contribution in [-0.2, 0) is 16.9 Å². The van der Waals surface area contributed by atoms with E-state index in [1.165, 1.54) is 0 Å². The van der Waals surface area contributed by atoms with Crippen molar-refractivity contribution in [1.29, 1.82) is 0 Å². The maximum atomic E-state index is 10.2. The number of thiazole rings is 1. The maximum Gasteiger partial charge on any atom is 0.121 e. The zero-order valence-corrected chi connectivity index (χ0v) is 11.1. The molecule has 0 saturated carbocycles. The Hall–Kier alpha value is -0.450. The summed E-state index contributed by atoms with van der Waals surface area (Å²) in [6.45, 7) is 9.28. The van der Waals surface area contributed by atoms with Crippen molar-refractivity contribution in [2.75, 3.05) is 6.61 Å². The fraction of sp³-hybridized carbons (Fsp3) is 0.750. The zero-order valence-electron chi connectivity index (χ0n) is 10.3. The van der Waals surface area contributed by atoms with Crippen LogP contribution < -0.4 is 0 Å². The molecule has 0 saturated heterocycles. The van der Waals surface area contributed by atoms with Crippen LogP contribution in [0, 0.1) is 5.92 Å². The van der Waals surface area contributed by atoms with Gasteiger partial charge in [-0.05, 0) is 12.8 Å². The third kappa shape index (κ3) is 2.01. The molecule has 0 aliphatic carbocycles. The molecular formula is C12H19NO2S. The lowest BCUT2D eigenvalue weighted by atomic mass is 9.99. The fourth-order valence-electron chi connectivity index (χ4n) is 1.78. The van der Waals surface area contributed by atoms with Crippen molar-refractivity contribution in [3.05, 3.63) is 15.6 Å². The van der Waals surface area contributed by atoms with Crippen LogP contribution in [-0.4, -0.2) is 16.7 Å². The summed E-state index contributed by atoms with van der Waals surface area (Å²) in [5.74, 6) is 1.00. The highest BCUT2D eigenvalue weighted by Gasteiger charge is 2.34. The van der Waals surface area contributed by atoms with Gasteiger partial charge >= 0.3 is 0 Å². The first-order valence-electron chi connectivity index (χ1n) is 5.72. The molecule has 2 atom stereocenters. The van der Waals surface area contributed by atoms with Crippen LogP contribution in [0.2, 0.25) is 0 Å². The molecule has 4 heteroatoms. The lowest BCUT2D eigenvalue weighted by Gasteiger charge is -2.26. The second-order valence-electron chi connectivity index (χ2n) is 5.13. The number of hydrogen-bond donors (Lipinski definition) is 1. The Balaban J connectivity index is 2.36. The number of nitrogens with zero attached hydrogens (tertiary/aromatic N) is 1. The van der Waals surface area contributed by atoms with Gasteiger partial charge in [0.05, 0.1) is 28.8 Å². The van der Waals surface area contributed by atoms with E-state index in [9.17, 15) is 5.11 Å². The minimum absolute atomic E-state index is 0.373. The van der Waals surface area contributed by atoms with Crippen LogP contribution in [0.4, 0.5) is 0 Å². The van der Waals surface area contributed by atoms with Crippen LogP contribution in [0.25, 0.3) is 0 Å². The Morgan fingerprint density at radius 1 is 1.44 bits per heavy atom. The van der Waals surface area contributed by atoms with Crippen LogP contribution in [0.1, 0.15) is 49.2 Å². The fourth-order valence-corrected chi connectivity index (χ4v) is 3.10. The number of hydrogen-bond acceptors (Lipinski definition) is 4. The molecule has 0 amide bonds. The Kier molecular flexibility index (Phi) is 3.07. The van der Waals surface area contributed by atoms with Crippen LogP contribution in [0.3, 0.4) is 0 Å². The van der Waals surface area contributed by atoms with E-state index in [4.69, 9.17) is 4.74 Å². The monoisotopic (exact) mass is 241 g/mol. The Bertz CT molecular complexity index is 384. The largest absolute Gasteiger partial charge is 0.382 e. The topological polar surface area (TPSA) is 42.4 Å². The number of ether oxygens (including phenoxy) is 1. The van der Waals surface area contributed by atoms with E-state index in [2.05, 4.69) is 25.8 Å². The molecule has 1 aromatic rings. The first-order valence-corrected chi connectivity index (χ1v) is 6.53. The van der Waals surface area contributed by atoms with E-state index in [0.717, 1.165) is 15.6 Å². The molecule has 0 fully saturated rings. The molecule has 1 aliphatic heterocycles. The van der Waals surface area contributed by atoms with E-state index in [1.54, 1.807) is 18.3 Å². The minimum atomic E-state index is -0.861. The summed E-state index contributed by atoms with van der Waals surface area (Å²) in [5.41, 5.74) is 0.0592. The van der Waals surface area contributed by atoms with Gasteiger partial charge in [-0.1, -0.05) is 20.8 Å². The Morgan fingerprint density at radius 3 is 2.69 bits per heavy atom. The molecular weight excluding hydrogens is 222 g/mol. The van der Waals surface area contributed by atoms with E-state index < -0.39 is 5.60 Å². The van der Waals surface area contributed by atoms with Gasteiger partial charge in [0, 0.05) is 5.92 Å². The van der Waals surface area contributed by atoms with Gasteiger partial charge in [0.2, 0.25) is 0 Å². The molecule has 2 rings (SSSR count). The van der Waals surface area contributed by atoms with Crippen molar-refractivity contribution in [3.63, 3.8) is 0 Å². The molecule has 0 radical (unpaired) electrons. The molecule has 1 aliphatic rings. The standard InChI is InChI=1S/C12H19NO2S/c1-7(2)8(3)11-13-9-5-15-6-12(4,14)10(9)16-11/h7-8,14H,5-6H2,1-4H3. The summed E-state index contributed by atoms with van der Waals surface area (Å²) in [7, 11) is 0. The van der Waals surface area contributed by atoms with Crippen LogP contribution >= 0.6 is 11.3 Å². The average molecular weight is 241 g/mol. The van der Waals surface area contributed by atoms with Crippen molar-refractivity contribution in [1.82, 2.24) is 4.98 Å². The van der Waals surface area contributed by atoms with Crippen LogP contribution in [0.15, 0.2) is 0 Å². The summed E-state index contributed by atoms with van der Waals surface area (Å²) in [6.07, 6.45) is 0. The number of rotatable bonds is 2. The van der Waals surface area contributed by atoms with E-state index >= 15 is 0 Å². The van der Waals surface area contributed by atoms with E-state index in [0.29, 0.717) is 25.0 Å². The van der Waals surface area contributed by atoms with Crippen molar-refractivity contribution in [3.8, 4) is 0 Å². The van der Waals surface area contributed by atoms with Crippen molar-refractivity contribution in [2.45, 2.75) is 45.8 Å². The highest BCUT2D eigenvalue weighted by molar-refractivity contribution is 7.12. The smallest absolute Gasteiger partial charge is 0.121 e. The second-order valence-corrected chi connectivity index (χ2v) is 6.16. The number of aliphatic hydroxyl groups is 1. The lowest BCUT2D eigenvalue weighted by Crippen LogP contribution is -2.31. The van der Waals surface area contributed by atoms with Gasteiger partial charge in [0.1, 0.15) is 5.60 Å². The van der Waals surface area contributed by atoms with Gasteiger partial charge < -0.3 is 9.84 Å². The first-order chi connectivity index (χ1) is 7.42. The highest BCUT2D eigenvalue weighted by atomic mass is 32.1. The zero-order chi connectivity index (χ0) is 11.9. The summed E-state index contributed by atoms with van der Waals surface area (Å²) >= 11 is 1.64. The molecule has 1 aromatic heterocycles. The summed E-state index contributed by atoms with van der Waals surface area (Å²) in [6, 6.07) is 0. The molecule has 0 bridgehead atoms. The SMILES string of the molecule is CC(C)C(C)c1nc2c(s1)C(C)(O)COC2. The van der Waals surface area contributed by atoms with Crippen molar-refractivity contribution < 1.29 is 9.84 Å². The highest BCUT2D eigenvalue weighted by Crippen LogP contribution is 2.38. The first kappa shape index (κ1) is 12.0. The predicted octanol–water partition coefficient (Wildman–Crippen LogP) is 2.64. The summed E-state index contributed by atoms with van der Waals surface area (Å²) < 4.78 is 5.36. The van der Waals surface area contributed by atoms with E-state index in [-0.39, 0.29) is 0 Å². The Morgan fingerprint density at radius 2 is 2.12 bits per heavy atom.